The maximum Gasteiger partial charge on any atom is 0.330 e. The fraction of sp³-hybridized carbons (Fsp3) is 0.167. The molecule has 0 saturated heterocycles. The number of hydrogen-bond donors (Lipinski definition) is 1. The highest BCUT2D eigenvalue weighted by atomic mass is 16.4. The van der Waals surface area contributed by atoms with Gasteiger partial charge in [-0.25, -0.2) is 4.79 Å². The molecular formula is C18H18O2. The Labute approximate surface area is 119 Å². The summed E-state index contributed by atoms with van der Waals surface area (Å²) in [5.74, 6) is -0.912. The largest absolute Gasteiger partial charge is 0.478 e. The van der Waals surface area contributed by atoms with E-state index < -0.39 is 5.97 Å². The first-order valence-corrected chi connectivity index (χ1v) is 6.68. The number of hydrogen-bond acceptors (Lipinski definition) is 1. The van der Waals surface area contributed by atoms with Crippen molar-refractivity contribution < 1.29 is 9.90 Å². The standard InChI is InChI=1S/C18H18O2/c1-14(18(19)20)10-11-16-8-5-9-17(13-16)12-15-6-3-2-4-7-15/h2-9,13H,1,10-12H2,(H,19,20). The normalized spacial score (nSPS) is 10.2. The Morgan fingerprint density at radius 1 is 0.950 bits per heavy atom. The molecule has 0 fully saturated rings. The van der Waals surface area contributed by atoms with Crippen LogP contribution in [0.1, 0.15) is 23.1 Å². The van der Waals surface area contributed by atoms with Crippen LogP contribution in [0.5, 0.6) is 0 Å². The second-order valence-electron chi connectivity index (χ2n) is 4.89. The lowest BCUT2D eigenvalue weighted by Gasteiger charge is -2.06. The van der Waals surface area contributed by atoms with Crippen molar-refractivity contribution in [1.82, 2.24) is 0 Å². The minimum Gasteiger partial charge on any atom is -0.478 e. The molecule has 2 nitrogen and oxygen atoms in total. The highest BCUT2D eigenvalue weighted by molar-refractivity contribution is 5.85. The van der Waals surface area contributed by atoms with Gasteiger partial charge in [0.2, 0.25) is 0 Å². The van der Waals surface area contributed by atoms with Gasteiger partial charge in [-0.3, -0.25) is 0 Å². The van der Waals surface area contributed by atoms with Gasteiger partial charge in [0.05, 0.1) is 0 Å². The lowest BCUT2D eigenvalue weighted by Crippen LogP contribution is -2.00. The van der Waals surface area contributed by atoms with Crippen LogP contribution in [-0.2, 0) is 17.6 Å². The molecular weight excluding hydrogens is 248 g/mol. The Bertz CT molecular complexity index is 600. The van der Waals surface area contributed by atoms with Crippen molar-refractivity contribution in [3.05, 3.63) is 83.4 Å². The number of carbonyl (C=O) groups is 1. The van der Waals surface area contributed by atoms with Crippen LogP contribution in [0.25, 0.3) is 0 Å². The zero-order chi connectivity index (χ0) is 14.4. The molecule has 0 amide bonds. The van der Waals surface area contributed by atoms with Crippen LogP contribution >= 0.6 is 0 Å². The quantitative estimate of drug-likeness (QED) is 0.806. The summed E-state index contributed by atoms with van der Waals surface area (Å²) in [7, 11) is 0. The van der Waals surface area contributed by atoms with E-state index in [1.54, 1.807) is 0 Å². The molecule has 2 heteroatoms. The van der Waals surface area contributed by atoms with Crippen molar-refractivity contribution in [1.29, 1.82) is 0 Å². The summed E-state index contributed by atoms with van der Waals surface area (Å²) in [6, 6.07) is 18.6. The van der Waals surface area contributed by atoms with E-state index in [9.17, 15) is 4.79 Å². The van der Waals surface area contributed by atoms with E-state index in [0.29, 0.717) is 12.8 Å². The van der Waals surface area contributed by atoms with Crippen LogP contribution in [0.2, 0.25) is 0 Å². The van der Waals surface area contributed by atoms with Crippen LogP contribution < -0.4 is 0 Å². The SMILES string of the molecule is C=C(CCc1cccc(Cc2ccccc2)c1)C(=O)O. The Hall–Kier alpha value is -2.35. The van der Waals surface area contributed by atoms with E-state index in [2.05, 4.69) is 30.8 Å². The van der Waals surface area contributed by atoms with Gasteiger partial charge in [-0.15, -0.1) is 0 Å². The summed E-state index contributed by atoms with van der Waals surface area (Å²) < 4.78 is 0. The Morgan fingerprint density at radius 3 is 2.30 bits per heavy atom. The Kier molecular flexibility index (Phi) is 4.72. The van der Waals surface area contributed by atoms with Gasteiger partial charge < -0.3 is 5.11 Å². The van der Waals surface area contributed by atoms with Crippen LogP contribution in [0.15, 0.2) is 66.7 Å². The fourth-order valence-corrected chi connectivity index (χ4v) is 2.13. The average molecular weight is 266 g/mol. The minimum atomic E-state index is -0.912. The second-order valence-corrected chi connectivity index (χ2v) is 4.89. The average Bonchev–Trinajstić information content (AvgIpc) is 2.46. The van der Waals surface area contributed by atoms with Crippen LogP contribution in [-0.4, -0.2) is 11.1 Å². The van der Waals surface area contributed by atoms with Gasteiger partial charge in [-0.05, 0) is 36.0 Å². The van der Waals surface area contributed by atoms with Gasteiger partial charge in [-0.1, -0.05) is 61.2 Å². The van der Waals surface area contributed by atoms with Gasteiger partial charge in [0.15, 0.2) is 0 Å². The molecule has 0 bridgehead atoms. The van der Waals surface area contributed by atoms with Gasteiger partial charge in [0, 0.05) is 5.57 Å². The van der Waals surface area contributed by atoms with E-state index >= 15 is 0 Å². The number of carboxylic acid groups (broad SMARTS) is 1. The van der Waals surface area contributed by atoms with Crippen molar-refractivity contribution in [2.45, 2.75) is 19.3 Å². The topological polar surface area (TPSA) is 37.3 Å². The molecule has 20 heavy (non-hydrogen) atoms. The second kappa shape index (κ2) is 6.71. The molecule has 0 radical (unpaired) electrons. The van der Waals surface area contributed by atoms with E-state index in [1.807, 2.05) is 30.3 Å². The number of aliphatic carboxylic acids is 1. The van der Waals surface area contributed by atoms with Crippen molar-refractivity contribution in [3.8, 4) is 0 Å². The summed E-state index contributed by atoms with van der Waals surface area (Å²) in [5.41, 5.74) is 3.94. The van der Waals surface area contributed by atoms with Crippen LogP contribution in [0, 0.1) is 0 Å². The molecule has 0 aliphatic heterocycles. The molecule has 0 aliphatic rings. The van der Waals surface area contributed by atoms with Crippen molar-refractivity contribution in [2.75, 3.05) is 0 Å². The first-order chi connectivity index (χ1) is 9.65. The molecule has 0 spiro atoms. The zero-order valence-corrected chi connectivity index (χ0v) is 11.4. The predicted molar refractivity (Wildman–Crippen MR) is 80.8 cm³/mol. The Morgan fingerprint density at radius 2 is 1.60 bits per heavy atom. The summed E-state index contributed by atoms with van der Waals surface area (Å²) in [6.45, 7) is 3.56. The number of benzene rings is 2. The molecule has 0 saturated carbocycles. The third-order valence-corrected chi connectivity index (χ3v) is 3.26. The Balaban J connectivity index is 2.01. The first kappa shape index (κ1) is 14.1. The minimum absolute atomic E-state index is 0.262. The molecule has 2 rings (SSSR count). The molecule has 0 aromatic heterocycles. The summed E-state index contributed by atoms with van der Waals surface area (Å²) in [6.07, 6.45) is 2.10. The van der Waals surface area contributed by atoms with E-state index in [0.717, 1.165) is 12.0 Å². The van der Waals surface area contributed by atoms with Gasteiger partial charge in [-0.2, -0.15) is 0 Å². The number of aryl methyl sites for hydroxylation is 1. The van der Waals surface area contributed by atoms with E-state index in [-0.39, 0.29) is 5.57 Å². The van der Waals surface area contributed by atoms with Crippen molar-refractivity contribution in [2.24, 2.45) is 0 Å². The molecule has 1 N–H and O–H groups in total. The smallest absolute Gasteiger partial charge is 0.330 e. The maximum atomic E-state index is 10.7. The molecule has 2 aromatic rings. The van der Waals surface area contributed by atoms with E-state index in [1.165, 1.54) is 11.1 Å². The number of rotatable bonds is 6. The summed E-state index contributed by atoms with van der Waals surface area (Å²) in [4.78, 5) is 10.7. The highest BCUT2D eigenvalue weighted by Gasteiger charge is 2.04. The maximum absolute atomic E-state index is 10.7. The molecule has 0 heterocycles. The van der Waals surface area contributed by atoms with Crippen LogP contribution in [0.3, 0.4) is 0 Å². The molecule has 0 aliphatic carbocycles. The van der Waals surface area contributed by atoms with Gasteiger partial charge in [0.25, 0.3) is 0 Å². The van der Waals surface area contributed by atoms with Crippen LogP contribution in [0.4, 0.5) is 0 Å². The third kappa shape index (κ3) is 4.09. The number of carboxylic acids is 1. The summed E-state index contributed by atoms with van der Waals surface area (Å²) >= 11 is 0. The molecule has 0 unspecified atom stereocenters. The lowest BCUT2D eigenvalue weighted by atomic mass is 10.00. The zero-order valence-electron chi connectivity index (χ0n) is 11.4. The molecule has 102 valence electrons. The highest BCUT2D eigenvalue weighted by Crippen LogP contribution is 2.14. The first-order valence-electron chi connectivity index (χ1n) is 6.68. The van der Waals surface area contributed by atoms with Crippen molar-refractivity contribution >= 4 is 5.97 Å². The van der Waals surface area contributed by atoms with E-state index in [4.69, 9.17) is 5.11 Å². The predicted octanol–water partition coefficient (Wildman–Crippen LogP) is 3.85. The van der Waals surface area contributed by atoms with Gasteiger partial charge >= 0.3 is 5.97 Å². The molecule has 0 atom stereocenters. The molecule has 2 aromatic carbocycles. The van der Waals surface area contributed by atoms with Crippen molar-refractivity contribution in [3.63, 3.8) is 0 Å². The summed E-state index contributed by atoms with van der Waals surface area (Å²) in [5, 5.41) is 8.81. The monoisotopic (exact) mass is 266 g/mol. The van der Waals surface area contributed by atoms with Gasteiger partial charge in [0.1, 0.15) is 0 Å². The third-order valence-electron chi connectivity index (χ3n) is 3.26. The fourth-order valence-electron chi connectivity index (χ4n) is 2.13. The lowest BCUT2D eigenvalue weighted by molar-refractivity contribution is -0.132.